The van der Waals surface area contributed by atoms with Gasteiger partial charge in [-0.15, -0.1) is 0 Å². The average Bonchev–Trinajstić information content (AvgIpc) is 2.96. The molecule has 1 aliphatic rings. The van der Waals surface area contributed by atoms with E-state index in [1.165, 1.54) is 29.4 Å². The second-order valence-corrected chi connectivity index (χ2v) is 9.44. The van der Waals surface area contributed by atoms with Crippen LogP contribution < -0.4 is 0 Å². The van der Waals surface area contributed by atoms with E-state index in [-0.39, 0.29) is 27.5 Å². The van der Waals surface area contributed by atoms with Crippen molar-refractivity contribution in [3.63, 3.8) is 0 Å². The van der Waals surface area contributed by atoms with Gasteiger partial charge in [-0.05, 0) is 45.6 Å². The highest BCUT2D eigenvalue weighted by molar-refractivity contribution is 7.89. The fraction of sp³-hybridized carbons (Fsp3) is 0.474. The van der Waals surface area contributed by atoms with Crippen LogP contribution in [0.4, 0.5) is 5.69 Å². The summed E-state index contributed by atoms with van der Waals surface area (Å²) in [5.41, 5.74) is 0.768. The smallest absolute Gasteiger partial charge is 0.267 e. The Labute approximate surface area is 169 Å². The molecule has 0 unspecified atom stereocenters. The highest BCUT2D eigenvalue weighted by Crippen LogP contribution is 2.28. The van der Waals surface area contributed by atoms with Crippen molar-refractivity contribution in [3.05, 3.63) is 50.8 Å². The van der Waals surface area contributed by atoms with E-state index in [0.717, 1.165) is 17.5 Å². The summed E-state index contributed by atoms with van der Waals surface area (Å²) in [6, 6.07) is 4.15. The molecule has 1 fully saturated rings. The number of nitro groups is 1. The molecule has 156 valence electrons. The predicted octanol–water partition coefficient (Wildman–Crippen LogP) is 2.83. The summed E-state index contributed by atoms with van der Waals surface area (Å²) in [5, 5.41) is 15.3. The van der Waals surface area contributed by atoms with Crippen molar-refractivity contribution in [2.75, 3.05) is 13.1 Å². The third-order valence-electron chi connectivity index (χ3n) is 5.41. The van der Waals surface area contributed by atoms with Gasteiger partial charge in [0.25, 0.3) is 11.6 Å². The van der Waals surface area contributed by atoms with Gasteiger partial charge in [-0.3, -0.25) is 14.9 Å². The first kappa shape index (κ1) is 21.1. The predicted molar refractivity (Wildman–Crippen MR) is 106 cm³/mol. The molecule has 0 spiro atoms. The van der Waals surface area contributed by atoms with Crippen LogP contribution in [0.5, 0.6) is 0 Å². The third-order valence-corrected chi connectivity index (χ3v) is 7.56. The molecule has 1 aliphatic heterocycles. The lowest BCUT2D eigenvalue weighted by atomic mass is 10.0. The van der Waals surface area contributed by atoms with Crippen molar-refractivity contribution in [1.82, 2.24) is 14.1 Å². The summed E-state index contributed by atoms with van der Waals surface area (Å²) in [5.74, 6) is -0.132. The SMILES string of the molecule is Cc1ccc(C(=O)n2nc(C)c(S(=O)(=O)N3CCC(C)CC3)c2C)cc1[N+](=O)[O-]. The molecule has 1 aromatic carbocycles. The van der Waals surface area contributed by atoms with Crippen LogP contribution in [0.15, 0.2) is 23.1 Å². The molecule has 10 heteroatoms. The standard InChI is InChI=1S/C19H24N4O5S/c1-12-7-9-21(10-8-12)29(27,28)18-14(3)20-22(15(18)4)19(24)16-6-5-13(2)17(11-16)23(25)26/h5-6,11-12H,7-10H2,1-4H3. The van der Waals surface area contributed by atoms with Gasteiger partial charge in [0.1, 0.15) is 4.90 Å². The number of carbonyl (C=O) groups is 1. The quantitative estimate of drug-likeness (QED) is 0.555. The Morgan fingerprint density at radius 1 is 1.21 bits per heavy atom. The van der Waals surface area contributed by atoms with Crippen LogP contribution in [0, 0.1) is 36.8 Å². The van der Waals surface area contributed by atoms with Crippen molar-refractivity contribution in [2.45, 2.75) is 45.4 Å². The number of nitrogens with zero attached hydrogens (tertiary/aromatic N) is 4. The molecular formula is C19H24N4O5S. The fourth-order valence-electron chi connectivity index (χ4n) is 3.62. The first-order valence-electron chi connectivity index (χ1n) is 9.40. The number of aryl methyl sites for hydroxylation is 2. The van der Waals surface area contributed by atoms with E-state index in [1.807, 2.05) is 0 Å². The molecular weight excluding hydrogens is 396 g/mol. The zero-order chi connectivity index (χ0) is 21.5. The van der Waals surface area contributed by atoms with Crippen LogP contribution in [0.25, 0.3) is 0 Å². The van der Waals surface area contributed by atoms with E-state index in [0.29, 0.717) is 24.6 Å². The maximum atomic E-state index is 13.2. The summed E-state index contributed by atoms with van der Waals surface area (Å²) in [4.78, 5) is 23.6. The van der Waals surface area contributed by atoms with E-state index in [9.17, 15) is 23.3 Å². The van der Waals surface area contributed by atoms with Crippen LogP contribution in [-0.4, -0.2) is 46.4 Å². The molecule has 0 bridgehead atoms. The number of aromatic nitrogens is 2. The van der Waals surface area contributed by atoms with Gasteiger partial charge in [0, 0.05) is 30.3 Å². The first-order chi connectivity index (χ1) is 13.5. The van der Waals surface area contributed by atoms with Crippen molar-refractivity contribution in [3.8, 4) is 0 Å². The normalized spacial score (nSPS) is 16.1. The van der Waals surface area contributed by atoms with Gasteiger partial charge in [0.2, 0.25) is 10.0 Å². The van der Waals surface area contributed by atoms with Crippen LogP contribution in [0.1, 0.15) is 47.1 Å². The Balaban J connectivity index is 2.01. The summed E-state index contributed by atoms with van der Waals surface area (Å²) >= 11 is 0. The summed E-state index contributed by atoms with van der Waals surface area (Å²) in [7, 11) is -3.78. The summed E-state index contributed by atoms with van der Waals surface area (Å²) in [6.07, 6.45) is 1.58. The largest absolute Gasteiger partial charge is 0.278 e. The molecule has 29 heavy (non-hydrogen) atoms. The Morgan fingerprint density at radius 3 is 2.41 bits per heavy atom. The highest BCUT2D eigenvalue weighted by Gasteiger charge is 2.34. The lowest BCUT2D eigenvalue weighted by Crippen LogP contribution is -2.38. The van der Waals surface area contributed by atoms with Crippen LogP contribution >= 0.6 is 0 Å². The zero-order valence-corrected chi connectivity index (χ0v) is 17.7. The Bertz CT molecular complexity index is 1080. The zero-order valence-electron chi connectivity index (χ0n) is 16.9. The Hall–Kier alpha value is -2.59. The van der Waals surface area contributed by atoms with Crippen LogP contribution in [-0.2, 0) is 10.0 Å². The van der Waals surface area contributed by atoms with Gasteiger partial charge in [-0.1, -0.05) is 13.0 Å². The van der Waals surface area contributed by atoms with Crippen molar-refractivity contribution < 1.29 is 18.1 Å². The van der Waals surface area contributed by atoms with Gasteiger partial charge < -0.3 is 0 Å². The van der Waals surface area contributed by atoms with Gasteiger partial charge in [-0.2, -0.15) is 14.1 Å². The number of rotatable bonds is 4. The summed E-state index contributed by atoms with van der Waals surface area (Å²) < 4.78 is 28.8. The van der Waals surface area contributed by atoms with Gasteiger partial charge >= 0.3 is 0 Å². The van der Waals surface area contributed by atoms with Crippen LogP contribution in [0.2, 0.25) is 0 Å². The molecule has 3 rings (SSSR count). The minimum atomic E-state index is -3.78. The molecule has 1 aromatic heterocycles. The number of hydrogen-bond acceptors (Lipinski definition) is 6. The molecule has 0 radical (unpaired) electrons. The van der Waals surface area contributed by atoms with Crippen molar-refractivity contribution in [1.29, 1.82) is 0 Å². The molecule has 2 aromatic rings. The molecule has 0 aliphatic carbocycles. The summed E-state index contributed by atoms with van der Waals surface area (Å²) in [6.45, 7) is 7.63. The van der Waals surface area contributed by atoms with Crippen molar-refractivity contribution in [2.24, 2.45) is 5.92 Å². The minimum absolute atomic E-state index is 0.0296. The topological polar surface area (TPSA) is 115 Å². The lowest BCUT2D eigenvalue weighted by molar-refractivity contribution is -0.385. The molecule has 0 atom stereocenters. The molecule has 1 saturated heterocycles. The number of carbonyl (C=O) groups excluding carboxylic acids is 1. The van der Waals surface area contributed by atoms with E-state index in [4.69, 9.17) is 0 Å². The first-order valence-corrected chi connectivity index (χ1v) is 10.8. The second-order valence-electron chi connectivity index (χ2n) is 7.56. The molecule has 2 heterocycles. The average molecular weight is 420 g/mol. The fourth-order valence-corrected chi connectivity index (χ4v) is 5.44. The van der Waals surface area contributed by atoms with E-state index < -0.39 is 20.9 Å². The molecule has 0 saturated carbocycles. The van der Waals surface area contributed by atoms with Crippen LogP contribution in [0.3, 0.4) is 0 Å². The van der Waals surface area contributed by atoms with E-state index in [1.54, 1.807) is 13.8 Å². The molecule has 9 nitrogen and oxygen atoms in total. The van der Waals surface area contributed by atoms with Gasteiger partial charge in [0.05, 0.1) is 16.3 Å². The van der Waals surface area contributed by atoms with Gasteiger partial charge in [-0.25, -0.2) is 8.42 Å². The highest BCUT2D eigenvalue weighted by atomic mass is 32.2. The Kier molecular flexibility index (Phi) is 5.59. The van der Waals surface area contributed by atoms with Gasteiger partial charge in [0.15, 0.2) is 0 Å². The monoisotopic (exact) mass is 420 g/mol. The maximum absolute atomic E-state index is 13.2. The maximum Gasteiger partial charge on any atom is 0.278 e. The number of benzene rings is 1. The Morgan fingerprint density at radius 2 is 1.83 bits per heavy atom. The third kappa shape index (κ3) is 3.82. The lowest BCUT2D eigenvalue weighted by Gasteiger charge is -2.29. The number of hydrogen-bond donors (Lipinski definition) is 0. The number of nitro benzene ring substituents is 1. The van der Waals surface area contributed by atoms with E-state index >= 15 is 0 Å². The van der Waals surface area contributed by atoms with Crippen molar-refractivity contribution >= 4 is 21.6 Å². The number of sulfonamides is 1. The number of piperidine rings is 1. The molecule has 0 amide bonds. The minimum Gasteiger partial charge on any atom is -0.267 e. The second kappa shape index (κ2) is 7.68. The van der Waals surface area contributed by atoms with E-state index in [2.05, 4.69) is 12.0 Å². The molecule has 0 N–H and O–H groups in total.